The van der Waals surface area contributed by atoms with Gasteiger partial charge in [-0.2, -0.15) is 0 Å². The molecule has 132 valence electrons. The predicted octanol–water partition coefficient (Wildman–Crippen LogP) is -0.947. The number of hydrogen-bond acceptors (Lipinski definition) is 6. The SMILES string of the molecule is CC(=O)c1cn(CC(C)n2cc(C(C)=O)c(=O)[nH]c2=O)c(=O)[nH]c1=O. The van der Waals surface area contributed by atoms with E-state index in [1.165, 1.54) is 13.8 Å². The molecule has 2 heterocycles. The van der Waals surface area contributed by atoms with E-state index >= 15 is 0 Å². The van der Waals surface area contributed by atoms with Crippen molar-refractivity contribution in [3.05, 3.63) is 65.2 Å². The van der Waals surface area contributed by atoms with Gasteiger partial charge in [0.15, 0.2) is 11.6 Å². The molecule has 2 rings (SSSR count). The Bertz CT molecular complexity index is 1080. The van der Waals surface area contributed by atoms with Crippen molar-refractivity contribution in [2.45, 2.75) is 33.4 Å². The maximum absolute atomic E-state index is 12.0. The number of carbonyl (C=O) groups is 2. The van der Waals surface area contributed by atoms with Crippen molar-refractivity contribution in [2.24, 2.45) is 0 Å². The van der Waals surface area contributed by atoms with Crippen LogP contribution in [0.15, 0.2) is 31.6 Å². The molecular formula is C15H16N4O6. The topological polar surface area (TPSA) is 144 Å². The van der Waals surface area contributed by atoms with E-state index in [1.54, 1.807) is 6.92 Å². The number of aromatic amines is 2. The molecule has 0 fully saturated rings. The van der Waals surface area contributed by atoms with Gasteiger partial charge in [0.25, 0.3) is 11.1 Å². The predicted molar refractivity (Wildman–Crippen MR) is 87.4 cm³/mol. The number of H-pyrrole nitrogens is 2. The molecular weight excluding hydrogens is 332 g/mol. The summed E-state index contributed by atoms with van der Waals surface area (Å²) in [4.78, 5) is 74.0. The Hall–Kier alpha value is -3.30. The fourth-order valence-corrected chi connectivity index (χ4v) is 2.33. The van der Waals surface area contributed by atoms with Crippen molar-refractivity contribution in [2.75, 3.05) is 0 Å². The number of nitrogens with one attached hydrogen (secondary N) is 2. The number of rotatable bonds is 5. The molecule has 0 aliphatic rings. The average Bonchev–Trinajstić information content (AvgIpc) is 2.49. The zero-order valence-electron chi connectivity index (χ0n) is 13.8. The van der Waals surface area contributed by atoms with Crippen LogP contribution in [0, 0.1) is 0 Å². The molecule has 0 aromatic carbocycles. The number of carbonyl (C=O) groups excluding carboxylic acids is 2. The summed E-state index contributed by atoms with van der Waals surface area (Å²) in [6.07, 6.45) is 2.24. The molecule has 0 spiro atoms. The summed E-state index contributed by atoms with van der Waals surface area (Å²) in [5.41, 5.74) is -3.45. The smallest absolute Gasteiger partial charge is 0.298 e. The molecule has 0 radical (unpaired) electrons. The number of ketones is 2. The van der Waals surface area contributed by atoms with Gasteiger partial charge in [-0.3, -0.25) is 38.3 Å². The van der Waals surface area contributed by atoms with Gasteiger partial charge in [0, 0.05) is 18.9 Å². The summed E-state index contributed by atoms with van der Waals surface area (Å²) in [6.45, 7) is 3.89. The molecule has 1 unspecified atom stereocenters. The molecule has 0 aliphatic carbocycles. The highest BCUT2D eigenvalue weighted by atomic mass is 16.2. The highest BCUT2D eigenvalue weighted by Crippen LogP contribution is 2.05. The van der Waals surface area contributed by atoms with Crippen molar-refractivity contribution in [1.29, 1.82) is 0 Å². The lowest BCUT2D eigenvalue weighted by atomic mass is 10.2. The first-order chi connectivity index (χ1) is 11.6. The molecule has 0 bridgehead atoms. The summed E-state index contributed by atoms with van der Waals surface area (Å²) in [5.74, 6) is -1.02. The number of nitrogens with zero attached hydrogens (tertiary/aromatic N) is 2. The Morgan fingerprint density at radius 3 is 1.92 bits per heavy atom. The van der Waals surface area contributed by atoms with Crippen LogP contribution in [-0.4, -0.2) is 30.7 Å². The highest BCUT2D eigenvalue weighted by molar-refractivity contribution is 5.93. The first-order valence-electron chi connectivity index (χ1n) is 7.33. The van der Waals surface area contributed by atoms with E-state index in [0.717, 1.165) is 21.5 Å². The maximum Gasteiger partial charge on any atom is 0.328 e. The first-order valence-corrected chi connectivity index (χ1v) is 7.33. The molecule has 0 saturated heterocycles. The number of aromatic nitrogens is 4. The maximum atomic E-state index is 12.0. The lowest BCUT2D eigenvalue weighted by Gasteiger charge is -2.16. The van der Waals surface area contributed by atoms with Crippen LogP contribution in [0.1, 0.15) is 47.5 Å². The van der Waals surface area contributed by atoms with Gasteiger partial charge in [-0.1, -0.05) is 0 Å². The Morgan fingerprint density at radius 1 is 0.920 bits per heavy atom. The molecule has 0 saturated carbocycles. The van der Waals surface area contributed by atoms with Gasteiger partial charge in [-0.15, -0.1) is 0 Å². The van der Waals surface area contributed by atoms with Crippen LogP contribution in [0.5, 0.6) is 0 Å². The van der Waals surface area contributed by atoms with E-state index in [-0.39, 0.29) is 17.7 Å². The van der Waals surface area contributed by atoms with Crippen LogP contribution >= 0.6 is 0 Å². The third-order valence-electron chi connectivity index (χ3n) is 3.67. The van der Waals surface area contributed by atoms with Crippen LogP contribution in [0.2, 0.25) is 0 Å². The van der Waals surface area contributed by atoms with Crippen LogP contribution in [0.3, 0.4) is 0 Å². The molecule has 0 amide bonds. The summed E-state index contributed by atoms with van der Waals surface area (Å²) in [7, 11) is 0. The molecule has 1 atom stereocenters. The Balaban J connectivity index is 2.49. The fourth-order valence-electron chi connectivity index (χ4n) is 2.33. The van der Waals surface area contributed by atoms with E-state index in [2.05, 4.69) is 0 Å². The second-order valence-corrected chi connectivity index (χ2v) is 5.63. The van der Waals surface area contributed by atoms with E-state index in [9.17, 15) is 28.8 Å². The molecule has 0 aliphatic heterocycles. The van der Waals surface area contributed by atoms with Crippen molar-refractivity contribution in [3.63, 3.8) is 0 Å². The molecule has 10 heteroatoms. The van der Waals surface area contributed by atoms with Crippen LogP contribution in [0.4, 0.5) is 0 Å². The minimum absolute atomic E-state index is 0.0702. The van der Waals surface area contributed by atoms with Crippen molar-refractivity contribution in [1.82, 2.24) is 19.1 Å². The standard InChI is InChI=1S/C15H16N4O6/c1-7(19-6-11(9(3)21)13(23)17-15(19)25)4-18-5-10(8(2)20)12(22)16-14(18)24/h5-7H,4H2,1-3H3,(H,16,22,24)(H,17,23,25). The monoisotopic (exact) mass is 348 g/mol. The van der Waals surface area contributed by atoms with Gasteiger partial charge >= 0.3 is 11.4 Å². The summed E-state index contributed by atoms with van der Waals surface area (Å²) in [5, 5.41) is 0. The highest BCUT2D eigenvalue weighted by Gasteiger charge is 2.15. The van der Waals surface area contributed by atoms with Gasteiger partial charge < -0.3 is 0 Å². The summed E-state index contributed by atoms with van der Waals surface area (Å²) in [6, 6.07) is -0.647. The van der Waals surface area contributed by atoms with Gasteiger partial charge in [-0.05, 0) is 20.8 Å². The number of Topliss-reactive ketones (excluding diaryl/α,β-unsaturated/α-hetero) is 2. The first kappa shape index (κ1) is 18.0. The lowest BCUT2D eigenvalue weighted by molar-refractivity contribution is 0.100. The second-order valence-electron chi connectivity index (χ2n) is 5.63. The van der Waals surface area contributed by atoms with Gasteiger partial charge in [0.1, 0.15) is 0 Å². The fraction of sp³-hybridized carbons (Fsp3) is 0.333. The van der Waals surface area contributed by atoms with Gasteiger partial charge in [0.2, 0.25) is 0 Å². The normalized spacial score (nSPS) is 12.0. The Kier molecular flexibility index (Phi) is 4.82. The van der Waals surface area contributed by atoms with Crippen LogP contribution in [-0.2, 0) is 6.54 Å². The Morgan fingerprint density at radius 2 is 1.40 bits per heavy atom. The molecule has 25 heavy (non-hydrogen) atoms. The van der Waals surface area contributed by atoms with E-state index in [0.29, 0.717) is 0 Å². The summed E-state index contributed by atoms with van der Waals surface area (Å²) >= 11 is 0. The van der Waals surface area contributed by atoms with E-state index < -0.39 is 40.1 Å². The third kappa shape index (κ3) is 3.62. The zero-order chi connectivity index (χ0) is 18.9. The molecule has 10 nitrogen and oxygen atoms in total. The van der Waals surface area contributed by atoms with Crippen molar-refractivity contribution < 1.29 is 9.59 Å². The Labute approximate surface area is 139 Å². The van der Waals surface area contributed by atoms with Crippen molar-refractivity contribution >= 4 is 11.6 Å². The molecule has 2 aromatic heterocycles. The summed E-state index contributed by atoms with van der Waals surface area (Å²) < 4.78 is 2.18. The minimum atomic E-state index is -0.791. The molecule has 2 aromatic rings. The van der Waals surface area contributed by atoms with Gasteiger partial charge in [-0.25, -0.2) is 9.59 Å². The van der Waals surface area contributed by atoms with E-state index in [1.807, 2.05) is 9.97 Å². The van der Waals surface area contributed by atoms with Crippen LogP contribution in [0.25, 0.3) is 0 Å². The third-order valence-corrected chi connectivity index (χ3v) is 3.67. The van der Waals surface area contributed by atoms with E-state index in [4.69, 9.17) is 0 Å². The average molecular weight is 348 g/mol. The lowest BCUT2D eigenvalue weighted by Crippen LogP contribution is -2.38. The zero-order valence-corrected chi connectivity index (χ0v) is 13.8. The largest absolute Gasteiger partial charge is 0.328 e. The van der Waals surface area contributed by atoms with Crippen LogP contribution < -0.4 is 22.5 Å². The van der Waals surface area contributed by atoms with Crippen molar-refractivity contribution in [3.8, 4) is 0 Å². The minimum Gasteiger partial charge on any atom is -0.298 e. The second kappa shape index (κ2) is 6.67. The molecule has 2 N–H and O–H groups in total. The number of hydrogen-bond donors (Lipinski definition) is 2. The quantitative estimate of drug-likeness (QED) is 0.667. The van der Waals surface area contributed by atoms with Gasteiger partial charge in [0.05, 0.1) is 17.2 Å².